The molecular formula is C16H18F2N2O. The van der Waals surface area contributed by atoms with Crippen molar-refractivity contribution in [3.8, 4) is 11.5 Å². The molecule has 0 aliphatic heterocycles. The second-order valence-electron chi connectivity index (χ2n) is 5.79. The smallest absolute Gasteiger partial charge is 0.133 e. The van der Waals surface area contributed by atoms with Crippen LogP contribution in [0.4, 0.5) is 8.78 Å². The van der Waals surface area contributed by atoms with E-state index in [1.807, 2.05) is 0 Å². The number of aromatic nitrogens is 1. The van der Waals surface area contributed by atoms with Crippen LogP contribution in [0.2, 0.25) is 0 Å². The van der Waals surface area contributed by atoms with E-state index >= 15 is 0 Å². The van der Waals surface area contributed by atoms with Crippen LogP contribution in [0.5, 0.6) is 11.5 Å². The molecule has 0 radical (unpaired) electrons. The highest BCUT2D eigenvalue weighted by molar-refractivity contribution is 5.32. The molecule has 0 bridgehead atoms. The molecule has 1 heterocycles. The Morgan fingerprint density at radius 3 is 2.33 bits per heavy atom. The Bertz CT molecular complexity index is 604. The van der Waals surface area contributed by atoms with Crippen LogP contribution >= 0.6 is 0 Å². The number of pyridine rings is 1. The molecule has 2 aromatic rings. The molecule has 0 fully saturated rings. The number of nitrogens with zero attached hydrogens (tertiary/aromatic N) is 1. The molecule has 1 aromatic carbocycles. The van der Waals surface area contributed by atoms with Crippen LogP contribution in [0.15, 0.2) is 36.5 Å². The molecule has 0 saturated heterocycles. The molecule has 21 heavy (non-hydrogen) atoms. The van der Waals surface area contributed by atoms with Gasteiger partial charge in [-0.2, -0.15) is 0 Å². The molecule has 3 nitrogen and oxygen atoms in total. The van der Waals surface area contributed by atoms with E-state index in [4.69, 9.17) is 4.74 Å². The number of halogens is 2. The first-order valence-corrected chi connectivity index (χ1v) is 6.66. The first-order valence-electron chi connectivity index (χ1n) is 6.66. The lowest BCUT2D eigenvalue weighted by molar-refractivity contribution is 0.419. The monoisotopic (exact) mass is 292 g/mol. The van der Waals surface area contributed by atoms with E-state index in [2.05, 4.69) is 31.1 Å². The largest absolute Gasteiger partial charge is 0.457 e. The maximum absolute atomic E-state index is 13.1. The Morgan fingerprint density at radius 2 is 1.71 bits per heavy atom. The van der Waals surface area contributed by atoms with Crippen molar-refractivity contribution in [1.29, 1.82) is 0 Å². The first kappa shape index (κ1) is 15.4. The van der Waals surface area contributed by atoms with Gasteiger partial charge in [0, 0.05) is 42.5 Å². The molecule has 0 unspecified atom stereocenters. The number of nitrogens with one attached hydrogen (secondary N) is 1. The summed E-state index contributed by atoms with van der Waals surface area (Å²) in [5.41, 5.74) is 0.767. The van der Waals surface area contributed by atoms with E-state index in [1.165, 1.54) is 0 Å². The Hall–Kier alpha value is -2.01. The quantitative estimate of drug-likeness (QED) is 0.923. The lowest BCUT2D eigenvalue weighted by atomic mass is 10.1. The maximum Gasteiger partial charge on any atom is 0.133 e. The Morgan fingerprint density at radius 1 is 1.05 bits per heavy atom. The third-order valence-electron chi connectivity index (χ3n) is 2.66. The number of benzene rings is 1. The van der Waals surface area contributed by atoms with Gasteiger partial charge in [-0.05, 0) is 26.8 Å². The predicted molar refractivity (Wildman–Crippen MR) is 77.3 cm³/mol. The second kappa shape index (κ2) is 6.18. The minimum Gasteiger partial charge on any atom is -0.457 e. The SMILES string of the molecule is CC(C)(C)NCc1cc(Oc2cc(F)cc(F)c2)ccn1. The Kier molecular flexibility index (Phi) is 4.53. The fourth-order valence-electron chi connectivity index (χ4n) is 1.70. The van der Waals surface area contributed by atoms with Gasteiger partial charge in [0.15, 0.2) is 0 Å². The van der Waals surface area contributed by atoms with Gasteiger partial charge in [-0.25, -0.2) is 8.78 Å². The number of hydrogen-bond acceptors (Lipinski definition) is 3. The zero-order valence-corrected chi connectivity index (χ0v) is 12.3. The summed E-state index contributed by atoms with van der Waals surface area (Å²) in [6, 6.07) is 6.45. The molecule has 5 heteroatoms. The van der Waals surface area contributed by atoms with Crippen molar-refractivity contribution in [1.82, 2.24) is 10.3 Å². The van der Waals surface area contributed by atoms with Gasteiger partial charge in [0.25, 0.3) is 0 Å². The lowest BCUT2D eigenvalue weighted by Crippen LogP contribution is -2.35. The van der Waals surface area contributed by atoms with Gasteiger partial charge in [-0.15, -0.1) is 0 Å². The van der Waals surface area contributed by atoms with Gasteiger partial charge in [0.2, 0.25) is 0 Å². The fourth-order valence-corrected chi connectivity index (χ4v) is 1.70. The molecule has 112 valence electrons. The van der Waals surface area contributed by atoms with Crippen LogP contribution in [0, 0.1) is 11.6 Å². The van der Waals surface area contributed by atoms with Crippen LogP contribution in [-0.4, -0.2) is 10.5 Å². The molecule has 0 aliphatic rings. The number of rotatable bonds is 4. The molecular weight excluding hydrogens is 274 g/mol. The van der Waals surface area contributed by atoms with E-state index in [9.17, 15) is 8.78 Å². The van der Waals surface area contributed by atoms with Crippen LogP contribution in [0.1, 0.15) is 26.5 Å². The van der Waals surface area contributed by atoms with Crippen molar-refractivity contribution < 1.29 is 13.5 Å². The number of ether oxygens (including phenoxy) is 1. The zero-order valence-electron chi connectivity index (χ0n) is 12.3. The normalized spacial score (nSPS) is 11.5. The molecule has 0 spiro atoms. The van der Waals surface area contributed by atoms with Crippen LogP contribution in [0.3, 0.4) is 0 Å². The van der Waals surface area contributed by atoms with Crippen molar-refractivity contribution in [2.75, 3.05) is 0 Å². The minimum absolute atomic E-state index is 0.0236. The van der Waals surface area contributed by atoms with Gasteiger partial charge < -0.3 is 10.1 Å². The summed E-state index contributed by atoms with van der Waals surface area (Å²) < 4.78 is 31.7. The van der Waals surface area contributed by atoms with E-state index in [1.54, 1.807) is 18.3 Å². The van der Waals surface area contributed by atoms with Crippen LogP contribution in [-0.2, 0) is 6.54 Å². The van der Waals surface area contributed by atoms with E-state index in [-0.39, 0.29) is 11.3 Å². The summed E-state index contributed by atoms with van der Waals surface area (Å²) in [5.74, 6) is -0.739. The highest BCUT2D eigenvalue weighted by Crippen LogP contribution is 2.23. The lowest BCUT2D eigenvalue weighted by Gasteiger charge is -2.20. The topological polar surface area (TPSA) is 34.1 Å². The summed E-state index contributed by atoms with van der Waals surface area (Å²) in [6.07, 6.45) is 1.60. The molecule has 0 atom stereocenters. The van der Waals surface area contributed by atoms with Gasteiger partial charge in [-0.1, -0.05) is 0 Å². The van der Waals surface area contributed by atoms with Crippen LogP contribution < -0.4 is 10.1 Å². The summed E-state index contributed by atoms with van der Waals surface area (Å²) in [6.45, 7) is 6.76. The standard InChI is InChI=1S/C16H18F2N2O/c1-16(2,3)20-10-13-9-14(4-5-19-13)21-15-7-11(17)6-12(18)8-15/h4-9,20H,10H2,1-3H3. The van der Waals surface area contributed by atoms with Crippen molar-refractivity contribution >= 4 is 0 Å². The van der Waals surface area contributed by atoms with Gasteiger partial charge in [-0.3, -0.25) is 4.98 Å². The van der Waals surface area contributed by atoms with Gasteiger partial charge in [0.05, 0.1) is 5.69 Å². The summed E-state index contributed by atoms with van der Waals surface area (Å²) in [5, 5.41) is 3.31. The maximum atomic E-state index is 13.1. The minimum atomic E-state index is -0.673. The van der Waals surface area contributed by atoms with Crippen molar-refractivity contribution in [2.45, 2.75) is 32.9 Å². The second-order valence-corrected chi connectivity index (χ2v) is 5.79. The van der Waals surface area contributed by atoms with Gasteiger partial charge >= 0.3 is 0 Å². The van der Waals surface area contributed by atoms with Crippen molar-refractivity contribution in [3.63, 3.8) is 0 Å². The van der Waals surface area contributed by atoms with E-state index < -0.39 is 11.6 Å². The third kappa shape index (κ3) is 5.11. The first-order chi connectivity index (χ1) is 9.82. The molecule has 0 amide bonds. The fraction of sp³-hybridized carbons (Fsp3) is 0.312. The molecule has 2 rings (SSSR count). The molecule has 1 N–H and O–H groups in total. The third-order valence-corrected chi connectivity index (χ3v) is 2.66. The molecule has 0 saturated carbocycles. The average molecular weight is 292 g/mol. The Labute approximate surface area is 123 Å². The van der Waals surface area contributed by atoms with Gasteiger partial charge in [0.1, 0.15) is 23.1 Å². The van der Waals surface area contributed by atoms with E-state index in [0.29, 0.717) is 12.3 Å². The highest BCUT2D eigenvalue weighted by atomic mass is 19.1. The average Bonchev–Trinajstić information content (AvgIpc) is 2.35. The van der Waals surface area contributed by atoms with Crippen molar-refractivity contribution in [2.24, 2.45) is 0 Å². The summed E-state index contributed by atoms with van der Waals surface area (Å²) >= 11 is 0. The zero-order chi connectivity index (χ0) is 15.5. The number of hydrogen-bond donors (Lipinski definition) is 1. The van der Waals surface area contributed by atoms with Crippen LogP contribution in [0.25, 0.3) is 0 Å². The summed E-state index contributed by atoms with van der Waals surface area (Å²) in [7, 11) is 0. The predicted octanol–water partition coefficient (Wildman–Crippen LogP) is 4.04. The van der Waals surface area contributed by atoms with Crippen molar-refractivity contribution in [3.05, 3.63) is 53.9 Å². The van der Waals surface area contributed by atoms with E-state index in [0.717, 1.165) is 23.9 Å². The highest BCUT2D eigenvalue weighted by Gasteiger charge is 2.09. The molecule has 1 aromatic heterocycles. The summed E-state index contributed by atoms with van der Waals surface area (Å²) in [4.78, 5) is 4.23. The molecule has 0 aliphatic carbocycles. The Balaban J connectivity index is 2.10.